The summed E-state index contributed by atoms with van der Waals surface area (Å²) in [5, 5.41) is 15.9. The number of fused-ring (bicyclic) bond motifs is 1. The summed E-state index contributed by atoms with van der Waals surface area (Å²) in [5.74, 6) is -2.45. The second-order valence-corrected chi connectivity index (χ2v) is 9.31. The molecule has 32 heavy (non-hydrogen) atoms. The van der Waals surface area contributed by atoms with E-state index in [4.69, 9.17) is 16.3 Å². The minimum atomic E-state index is -1.13. The fraction of sp³-hybridized carbons (Fsp3) is 0.609. The maximum absolute atomic E-state index is 13.8. The molecule has 3 N–H and O–H groups in total. The van der Waals surface area contributed by atoms with E-state index in [1.54, 1.807) is 31.3 Å². The second-order valence-electron chi connectivity index (χ2n) is 8.91. The zero-order valence-electron chi connectivity index (χ0n) is 18.6. The molecule has 3 aliphatic rings. The van der Waals surface area contributed by atoms with Gasteiger partial charge >= 0.3 is 0 Å². The summed E-state index contributed by atoms with van der Waals surface area (Å²) >= 11 is 6.25. The number of nitrogens with one attached hydrogen (secondary N) is 2. The van der Waals surface area contributed by atoms with Crippen LogP contribution in [0.1, 0.15) is 39.5 Å². The van der Waals surface area contributed by atoms with Gasteiger partial charge in [0.15, 0.2) is 0 Å². The Hall–Kier alpha value is -2.16. The maximum Gasteiger partial charge on any atom is 0.250 e. The van der Waals surface area contributed by atoms with Crippen molar-refractivity contribution in [3.05, 3.63) is 29.3 Å². The average molecular weight is 464 g/mol. The molecule has 8 nitrogen and oxygen atoms in total. The summed E-state index contributed by atoms with van der Waals surface area (Å²) < 4.78 is 6.60. The summed E-state index contributed by atoms with van der Waals surface area (Å²) in [4.78, 5) is 41.9. The van der Waals surface area contributed by atoms with Crippen molar-refractivity contribution in [2.45, 2.75) is 62.8 Å². The molecule has 2 bridgehead atoms. The van der Waals surface area contributed by atoms with E-state index >= 15 is 0 Å². The zero-order valence-corrected chi connectivity index (χ0v) is 19.3. The Bertz CT molecular complexity index is 938. The smallest absolute Gasteiger partial charge is 0.250 e. The van der Waals surface area contributed by atoms with Crippen LogP contribution in [0.2, 0.25) is 5.02 Å². The van der Waals surface area contributed by atoms with Gasteiger partial charge in [-0.15, -0.1) is 0 Å². The third-order valence-electron chi connectivity index (χ3n) is 7.60. The van der Waals surface area contributed by atoms with Crippen molar-refractivity contribution in [1.29, 1.82) is 0 Å². The van der Waals surface area contributed by atoms with E-state index in [0.717, 1.165) is 0 Å². The van der Waals surface area contributed by atoms with E-state index in [0.29, 0.717) is 36.4 Å². The van der Waals surface area contributed by atoms with E-state index in [1.807, 2.05) is 13.8 Å². The molecule has 1 spiro atoms. The largest absolute Gasteiger partial charge is 0.394 e. The Morgan fingerprint density at radius 2 is 2.00 bits per heavy atom. The van der Waals surface area contributed by atoms with Crippen LogP contribution in [0.3, 0.4) is 0 Å². The molecule has 0 aliphatic carbocycles. The number of rotatable bonds is 7. The number of amides is 3. The number of hydrogen-bond donors (Lipinski definition) is 3. The third-order valence-corrected chi connectivity index (χ3v) is 7.93. The van der Waals surface area contributed by atoms with Gasteiger partial charge in [-0.2, -0.15) is 0 Å². The van der Waals surface area contributed by atoms with E-state index < -0.39 is 41.0 Å². The van der Waals surface area contributed by atoms with Crippen LogP contribution in [0.25, 0.3) is 0 Å². The number of halogens is 1. The molecule has 3 fully saturated rings. The quantitative estimate of drug-likeness (QED) is 0.572. The van der Waals surface area contributed by atoms with Crippen molar-refractivity contribution < 1.29 is 24.2 Å². The van der Waals surface area contributed by atoms with Gasteiger partial charge in [0, 0.05) is 7.05 Å². The van der Waals surface area contributed by atoms with Crippen LogP contribution < -0.4 is 10.6 Å². The number of anilines is 1. The Labute approximate surface area is 192 Å². The first kappa shape index (κ1) is 23.0. The van der Waals surface area contributed by atoms with Crippen LogP contribution in [0, 0.1) is 11.8 Å². The topological polar surface area (TPSA) is 108 Å². The van der Waals surface area contributed by atoms with Crippen LogP contribution >= 0.6 is 11.6 Å². The standard InChI is InChI=1S/C23H30ClN3O5/c1-4-13(12-28)27-18(20(30)26-15-9-7-6-8-14(15)24)23-11-10-22(5-2,32-23)16(19(29)25-3)17(23)21(27)31/h6-9,13,16-18,28H,4-5,10-12H2,1-3H3,(H,25,29)(H,26,30)/t13-,16+,17-,18?,22-,23?/m0/s1. The molecule has 4 rings (SSSR count). The summed E-state index contributed by atoms with van der Waals surface area (Å²) in [5.41, 5.74) is -1.47. The fourth-order valence-electron chi connectivity index (χ4n) is 6.08. The number of aliphatic hydroxyl groups is 1. The van der Waals surface area contributed by atoms with E-state index in [9.17, 15) is 19.5 Å². The number of hydrogen-bond acceptors (Lipinski definition) is 5. The summed E-state index contributed by atoms with van der Waals surface area (Å²) in [6.07, 6.45) is 2.10. The second kappa shape index (κ2) is 8.32. The van der Waals surface area contributed by atoms with E-state index in [-0.39, 0.29) is 18.4 Å². The molecule has 0 saturated carbocycles. The molecule has 0 radical (unpaired) electrons. The van der Waals surface area contributed by atoms with Crippen molar-refractivity contribution in [2.24, 2.45) is 11.8 Å². The van der Waals surface area contributed by atoms with Crippen LogP contribution in [-0.4, -0.2) is 64.7 Å². The highest BCUT2D eigenvalue weighted by molar-refractivity contribution is 6.33. The van der Waals surface area contributed by atoms with Crippen molar-refractivity contribution in [1.82, 2.24) is 10.2 Å². The fourth-order valence-corrected chi connectivity index (χ4v) is 6.26. The first-order valence-corrected chi connectivity index (χ1v) is 11.6. The minimum absolute atomic E-state index is 0.254. The molecule has 6 atom stereocenters. The Morgan fingerprint density at radius 3 is 2.59 bits per heavy atom. The zero-order chi connectivity index (χ0) is 23.3. The monoisotopic (exact) mass is 463 g/mol. The number of benzene rings is 1. The van der Waals surface area contributed by atoms with Gasteiger partial charge in [0.2, 0.25) is 17.7 Å². The van der Waals surface area contributed by atoms with Crippen LogP contribution in [-0.2, 0) is 19.1 Å². The van der Waals surface area contributed by atoms with Gasteiger partial charge in [0.25, 0.3) is 0 Å². The number of ether oxygens (including phenoxy) is 1. The molecule has 174 valence electrons. The number of carbonyl (C=O) groups is 3. The van der Waals surface area contributed by atoms with Gasteiger partial charge in [-0.05, 0) is 37.8 Å². The average Bonchev–Trinajstić information content (AvgIpc) is 3.40. The van der Waals surface area contributed by atoms with Gasteiger partial charge in [-0.1, -0.05) is 37.6 Å². The van der Waals surface area contributed by atoms with Gasteiger partial charge < -0.3 is 25.4 Å². The molecular weight excluding hydrogens is 434 g/mol. The Morgan fingerprint density at radius 1 is 1.28 bits per heavy atom. The first-order valence-electron chi connectivity index (χ1n) is 11.2. The summed E-state index contributed by atoms with van der Waals surface area (Å²) in [7, 11) is 1.55. The highest BCUT2D eigenvalue weighted by Gasteiger charge is 2.79. The van der Waals surface area contributed by atoms with Crippen molar-refractivity contribution in [3.8, 4) is 0 Å². The van der Waals surface area contributed by atoms with E-state index in [1.165, 1.54) is 4.90 Å². The molecule has 1 aromatic rings. The molecule has 3 heterocycles. The lowest BCUT2D eigenvalue weighted by Crippen LogP contribution is -2.56. The van der Waals surface area contributed by atoms with Crippen LogP contribution in [0.4, 0.5) is 5.69 Å². The molecule has 9 heteroatoms. The Kier molecular flexibility index (Phi) is 5.98. The number of carbonyl (C=O) groups excluding carboxylic acids is 3. The molecule has 0 aromatic heterocycles. The predicted molar refractivity (Wildman–Crippen MR) is 119 cm³/mol. The number of para-hydroxylation sites is 1. The lowest BCUT2D eigenvalue weighted by Gasteiger charge is -2.37. The summed E-state index contributed by atoms with van der Waals surface area (Å²) in [6, 6.07) is 5.34. The van der Waals surface area contributed by atoms with E-state index in [2.05, 4.69) is 10.6 Å². The minimum Gasteiger partial charge on any atom is -0.394 e. The summed E-state index contributed by atoms with van der Waals surface area (Å²) in [6.45, 7) is 3.51. The lowest BCUT2D eigenvalue weighted by atomic mass is 9.65. The third kappa shape index (κ3) is 3.07. The SMILES string of the molecule is CC[C@@H](CO)N1C(=O)[C@@H]2[C@H](C(=O)NC)[C@]3(CC)CCC2(O3)C1C(=O)Nc1ccccc1Cl. The molecule has 3 saturated heterocycles. The van der Waals surface area contributed by atoms with Gasteiger partial charge in [0.05, 0.1) is 40.8 Å². The lowest BCUT2D eigenvalue weighted by molar-refractivity contribution is -0.149. The Balaban J connectivity index is 1.81. The van der Waals surface area contributed by atoms with Crippen molar-refractivity contribution in [3.63, 3.8) is 0 Å². The molecule has 2 unspecified atom stereocenters. The molecule has 1 aromatic carbocycles. The highest BCUT2D eigenvalue weighted by Crippen LogP contribution is 2.64. The van der Waals surface area contributed by atoms with Gasteiger partial charge in [-0.3, -0.25) is 14.4 Å². The van der Waals surface area contributed by atoms with Crippen LogP contribution in [0.5, 0.6) is 0 Å². The highest BCUT2D eigenvalue weighted by atomic mass is 35.5. The van der Waals surface area contributed by atoms with Crippen molar-refractivity contribution in [2.75, 3.05) is 19.0 Å². The normalized spacial score (nSPS) is 33.8. The maximum atomic E-state index is 13.8. The molecular formula is C23H30ClN3O5. The number of likely N-dealkylation sites (tertiary alicyclic amines) is 1. The van der Waals surface area contributed by atoms with Crippen molar-refractivity contribution >= 4 is 35.0 Å². The number of nitrogens with zero attached hydrogens (tertiary/aromatic N) is 1. The first-order chi connectivity index (χ1) is 15.3. The number of aliphatic hydroxyl groups excluding tert-OH is 1. The van der Waals surface area contributed by atoms with Gasteiger partial charge in [-0.25, -0.2) is 0 Å². The van der Waals surface area contributed by atoms with Crippen LogP contribution in [0.15, 0.2) is 24.3 Å². The molecule has 3 aliphatic heterocycles. The van der Waals surface area contributed by atoms with Gasteiger partial charge in [0.1, 0.15) is 11.6 Å². The molecule has 3 amide bonds. The predicted octanol–water partition coefficient (Wildman–Crippen LogP) is 1.95.